The van der Waals surface area contributed by atoms with Crippen molar-refractivity contribution >= 4 is 6.09 Å². The average Bonchev–Trinajstić information content (AvgIpc) is 2.18. The number of likely N-dealkylation sites (tertiary alicyclic amines) is 1. The third-order valence-corrected chi connectivity index (χ3v) is 2.82. The molecule has 0 radical (unpaired) electrons. The number of nitrogens with zero attached hydrogens (tertiary/aromatic N) is 1. The highest BCUT2D eigenvalue weighted by atomic mass is 16.4. The summed E-state index contributed by atoms with van der Waals surface area (Å²) in [5.41, 5.74) is 0. The van der Waals surface area contributed by atoms with Gasteiger partial charge in [0.25, 0.3) is 0 Å². The molecule has 0 aromatic rings. The van der Waals surface area contributed by atoms with Crippen LogP contribution in [0.25, 0.3) is 0 Å². The minimum Gasteiger partial charge on any atom is -0.465 e. The molecule has 1 unspecified atom stereocenters. The van der Waals surface area contributed by atoms with Crippen LogP contribution < -0.4 is 5.32 Å². The van der Waals surface area contributed by atoms with Gasteiger partial charge in [-0.25, -0.2) is 4.79 Å². The Bertz CT molecular complexity index is 197. The minimum absolute atomic E-state index is 0.342. The minimum atomic E-state index is -0.791. The van der Waals surface area contributed by atoms with Gasteiger partial charge in [-0.2, -0.15) is 0 Å². The maximum Gasteiger partial charge on any atom is 0.407 e. The molecule has 4 nitrogen and oxygen atoms in total. The van der Waals surface area contributed by atoms with E-state index in [-0.39, 0.29) is 0 Å². The molecular weight excluding hydrogens is 180 g/mol. The lowest BCUT2D eigenvalue weighted by atomic mass is 10.0. The van der Waals surface area contributed by atoms with Crippen LogP contribution in [0.1, 0.15) is 33.1 Å². The van der Waals surface area contributed by atoms with Crippen LogP contribution in [0.15, 0.2) is 0 Å². The predicted octanol–water partition coefficient (Wildman–Crippen LogP) is 1.52. The maximum atomic E-state index is 10.8. The molecule has 0 spiro atoms. The van der Waals surface area contributed by atoms with Crippen LogP contribution in [-0.2, 0) is 0 Å². The normalized spacial score (nSPS) is 24.7. The Kier molecular flexibility index (Phi) is 4.20. The van der Waals surface area contributed by atoms with Crippen molar-refractivity contribution < 1.29 is 9.90 Å². The van der Waals surface area contributed by atoms with Gasteiger partial charge < -0.3 is 15.3 Å². The number of rotatable bonds is 3. The summed E-state index contributed by atoms with van der Waals surface area (Å²) in [6.07, 6.45) is 2.36. The molecule has 2 atom stereocenters. The van der Waals surface area contributed by atoms with Crippen molar-refractivity contribution in [2.45, 2.75) is 45.2 Å². The Labute approximate surface area is 85.3 Å². The first-order valence-corrected chi connectivity index (χ1v) is 5.37. The monoisotopic (exact) mass is 200 g/mol. The van der Waals surface area contributed by atoms with Gasteiger partial charge in [-0.1, -0.05) is 6.92 Å². The van der Waals surface area contributed by atoms with Crippen LogP contribution in [-0.4, -0.2) is 41.3 Å². The van der Waals surface area contributed by atoms with Gasteiger partial charge in [-0.05, 0) is 26.2 Å². The standard InChI is InChI=1S/C10H20N2O2/c1-3-8(2)11-9-5-4-6-12(7-9)10(13)14/h8-9,11H,3-7H2,1-2H3,(H,13,14)/t8?,9-/m1/s1. The average molecular weight is 200 g/mol. The Morgan fingerprint density at radius 1 is 1.71 bits per heavy atom. The second kappa shape index (κ2) is 5.20. The number of hydrogen-bond acceptors (Lipinski definition) is 2. The lowest BCUT2D eigenvalue weighted by Crippen LogP contribution is -2.49. The van der Waals surface area contributed by atoms with Crippen LogP contribution in [0.3, 0.4) is 0 Å². The van der Waals surface area contributed by atoms with Crippen molar-refractivity contribution in [1.82, 2.24) is 10.2 Å². The zero-order valence-corrected chi connectivity index (χ0v) is 8.99. The predicted molar refractivity (Wildman–Crippen MR) is 55.5 cm³/mol. The molecule has 1 saturated heterocycles. The lowest BCUT2D eigenvalue weighted by Gasteiger charge is -2.32. The van der Waals surface area contributed by atoms with Crippen molar-refractivity contribution in [1.29, 1.82) is 0 Å². The van der Waals surface area contributed by atoms with Gasteiger partial charge in [-0.3, -0.25) is 0 Å². The quantitative estimate of drug-likeness (QED) is 0.726. The number of piperidine rings is 1. The van der Waals surface area contributed by atoms with Gasteiger partial charge in [0.1, 0.15) is 0 Å². The first kappa shape index (κ1) is 11.3. The summed E-state index contributed by atoms with van der Waals surface area (Å²) < 4.78 is 0. The van der Waals surface area contributed by atoms with Crippen LogP contribution >= 0.6 is 0 Å². The molecule has 0 aliphatic carbocycles. The molecule has 82 valence electrons. The number of carboxylic acid groups (broad SMARTS) is 1. The topological polar surface area (TPSA) is 52.6 Å². The SMILES string of the molecule is CCC(C)N[C@@H]1CCCN(C(=O)O)C1. The van der Waals surface area contributed by atoms with E-state index in [9.17, 15) is 4.79 Å². The smallest absolute Gasteiger partial charge is 0.407 e. The van der Waals surface area contributed by atoms with Crippen LogP contribution in [0.4, 0.5) is 4.79 Å². The van der Waals surface area contributed by atoms with E-state index in [1.54, 1.807) is 0 Å². The molecule has 0 aromatic carbocycles. The molecular formula is C10H20N2O2. The fourth-order valence-corrected chi connectivity index (χ4v) is 1.81. The third kappa shape index (κ3) is 3.18. The molecule has 2 N–H and O–H groups in total. The molecule has 1 fully saturated rings. The van der Waals surface area contributed by atoms with Gasteiger partial charge in [0.15, 0.2) is 0 Å². The van der Waals surface area contributed by atoms with Gasteiger partial charge in [-0.15, -0.1) is 0 Å². The molecule has 1 rings (SSSR count). The molecule has 1 aliphatic rings. The summed E-state index contributed by atoms with van der Waals surface area (Å²) in [5.74, 6) is 0. The van der Waals surface area contributed by atoms with Crippen LogP contribution in [0, 0.1) is 0 Å². The highest BCUT2D eigenvalue weighted by Gasteiger charge is 2.23. The van der Waals surface area contributed by atoms with Crippen molar-refractivity contribution in [3.8, 4) is 0 Å². The molecule has 0 saturated carbocycles. The maximum absolute atomic E-state index is 10.8. The molecule has 0 bridgehead atoms. The van der Waals surface area contributed by atoms with E-state index in [4.69, 9.17) is 5.11 Å². The first-order chi connectivity index (χ1) is 6.63. The van der Waals surface area contributed by atoms with Crippen molar-refractivity contribution in [2.24, 2.45) is 0 Å². The Morgan fingerprint density at radius 2 is 2.43 bits per heavy atom. The molecule has 1 amide bonds. The van der Waals surface area contributed by atoms with E-state index in [2.05, 4.69) is 19.2 Å². The fourth-order valence-electron chi connectivity index (χ4n) is 1.81. The van der Waals surface area contributed by atoms with E-state index in [0.717, 1.165) is 19.3 Å². The Morgan fingerprint density at radius 3 is 3.00 bits per heavy atom. The lowest BCUT2D eigenvalue weighted by molar-refractivity contribution is 0.124. The zero-order chi connectivity index (χ0) is 10.6. The molecule has 4 heteroatoms. The number of nitrogens with one attached hydrogen (secondary N) is 1. The summed E-state index contributed by atoms with van der Waals surface area (Å²) in [7, 11) is 0. The summed E-state index contributed by atoms with van der Waals surface area (Å²) in [6, 6.07) is 0.823. The van der Waals surface area contributed by atoms with Crippen molar-refractivity contribution in [2.75, 3.05) is 13.1 Å². The second-order valence-corrected chi connectivity index (χ2v) is 4.04. The highest BCUT2D eigenvalue weighted by Crippen LogP contribution is 2.11. The van der Waals surface area contributed by atoms with E-state index in [0.29, 0.717) is 25.2 Å². The van der Waals surface area contributed by atoms with Crippen molar-refractivity contribution in [3.05, 3.63) is 0 Å². The highest BCUT2D eigenvalue weighted by molar-refractivity contribution is 5.65. The molecule has 0 aromatic heterocycles. The van der Waals surface area contributed by atoms with Gasteiger partial charge >= 0.3 is 6.09 Å². The second-order valence-electron chi connectivity index (χ2n) is 4.04. The fraction of sp³-hybridized carbons (Fsp3) is 0.900. The summed E-state index contributed by atoms with van der Waals surface area (Å²) >= 11 is 0. The van der Waals surface area contributed by atoms with Gasteiger partial charge in [0, 0.05) is 25.2 Å². The Balaban J connectivity index is 2.36. The summed E-state index contributed by atoms with van der Waals surface area (Å²) in [5, 5.41) is 12.3. The van der Waals surface area contributed by atoms with Gasteiger partial charge in [0.05, 0.1) is 0 Å². The van der Waals surface area contributed by atoms with Crippen LogP contribution in [0.5, 0.6) is 0 Å². The molecule has 1 heterocycles. The van der Waals surface area contributed by atoms with E-state index < -0.39 is 6.09 Å². The van der Waals surface area contributed by atoms with Crippen LogP contribution in [0.2, 0.25) is 0 Å². The summed E-state index contributed by atoms with van der Waals surface area (Å²) in [4.78, 5) is 12.3. The Hall–Kier alpha value is -0.770. The van der Waals surface area contributed by atoms with E-state index >= 15 is 0 Å². The number of hydrogen-bond donors (Lipinski definition) is 2. The van der Waals surface area contributed by atoms with E-state index in [1.807, 2.05) is 0 Å². The van der Waals surface area contributed by atoms with Gasteiger partial charge in [0.2, 0.25) is 0 Å². The molecule has 1 aliphatic heterocycles. The molecule has 14 heavy (non-hydrogen) atoms. The first-order valence-electron chi connectivity index (χ1n) is 5.37. The largest absolute Gasteiger partial charge is 0.465 e. The summed E-state index contributed by atoms with van der Waals surface area (Å²) in [6.45, 7) is 5.60. The third-order valence-electron chi connectivity index (χ3n) is 2.82. The van der Waals surface area contributed by atoms with Crippen molar-refractivity contribution in [3.63, 3.8) is 0 Å². The number of amides is 1. The van der Waals surface area contributed by atoms with E-state index in [1.165, 1.54) is 4.90 Å². The zero-order valence-electron chi connectivity index (χ0n) is 8.99. The number of carbonyl (C=O) groups is 1.